The van der Waals surface area contributed by atoms with Gasteiger partial charge in [-0.05, 0) is 55.7 Å². The Hall–Kier alpha value is -1.42. The normalized spacial score (nSPS) is 19.7. The second kappa shape index (κ2) is 7.43. The Labute approximate surface area is 137 Å². The Morgan fingerprint density at radius 1 is 1.30 bits per heavy atom. The summed E-state index contributed by atoms with van der Waals surface area (Å²) in [5.74, 6) is 0.553. The maximum atomic E-state index is 13.6. The summed E-state index contributed by atoms with van der Waals surface area (Å²) in [4.78, 5) is 12.8. The molecule has 0 saturated heterocycles. The molecule has 0 heterocycles. The number of ether oxygens (including phenoxy) is 1. The second-order valence-corrected chi connectivity index (χ2v) is 6.93. The molecular weight excluding hydrogens is 293 g/mol. The fourth-order valence-corrected chi connectivity index (χ4v) is 3.49. The summed E-state index contributed by atoms with van der Waals surface area (Å²) in [6.45, 7) is 2.19. The molecule has 1 aromatic carbocycles. The lowest BCUT2D eigenvalue weighted by Crippen LogP contribution is -2.43. The van der Waals surface area contributed by atoms with Crippen LogP contribution in [0, 0.1) is 11.7 Å². The van der Waals surface area contributed by atoms with Gasteiger partial charge < -0.3 is 10.1 Å². The largest absolute Gasteiger partial charge is 0.381 e. The van der Waals surface area contributed by atoms with Gasteiger partial charge in [-0.2, -0.15) is 0 Å². The molecule has 1 N–H and O–H groups in total. The van der Waals surface area contributed by atoms with Crippen molar-refractivity contribution in [1.29, 1.82) is 0 Å². The van der Waals surface area contributed by atoms with Crippen molar-refractivity contribution >= 4 is 5.91 Å². The van der Waals surface area contributed by atoms with E-state index < -0.39 is 5.41 Å². The number of halogens is 1. The Bertz CT molecular complexity index is 536. The first-order valence-corrected chi connectivity index (χ1v) is 8.83. The van der Waals surface area contributed by atoms with E-state index in [-0.39, 0.29) is 11.7 Å². The van der Waals surface area contributed by atoms with E-state index in [1.165, 1.54) is 25.0 Å². The molecule has 2 aliphatic rings. The molecule has 2 saturated carbocycles. The van der Waals surface area contributed by atoms with Crippen LogP contribution in [0.4, 0.5) is 4.39 Å². The maximum absolute atomic E-state index is 13.6. The fraction of sp³-hybridized carbons (Fsp3) is 0.632. The molecule has 3 nitrogen and oxygen atoms in total. The van der Waals surface area contributed by atoms with Crippen molar-refractivity contribution < 1.29 is 13.9 Å². The van der Waals surface area contributed by atoms with Gasteiger partial charge in [-0.15, -0.1) is 0 Å². The topological polar surface area (TPSA) is 38.3 Å². The smallest absolute Gasteiger partial charge is 0.230 e. The molecule has 0 aromatic heterocycles. The molecule has 1 aromatic rings. The number of nitrogens with one attached hydrogen (secondary N) is 1. The molecule has 0 unspecified atom stereocenters. The Morgan fingerprint density at radius 2 is 2.09 bits per heavy atom. The van der Waals surface area contributed by atoms with Crippen LogP contribution in [0.5, 0.6) is 0 Å². The van der Waals surface area contributed by atoms with Crippen molar-refractivity contribution in [2.75, 3.05) is 19.8 Å². The maximum Gasteiger partial charge on any atom is 0.230 e. The van der Waals surface area contributed by atoms with Gasteiger partial charge in [-0.25, -0.2) is 4.39 Å². The Kier molecular flexibility index (Phi) is 5.31. The fourth-order valence-electron chi connectivity index (χ4n) is 3.49. The minimum absolute atomic E-state index is 0.0443. The minimum Gasteiger partial charge on any atom is -0.381 e. The molecule has 2 fully saturated rings. The van der Waals surface area contributed by atoms with E-state index in [1.54, 1.807) is 6.07 Å². The van der Waals surface area contributed by atoms with E-state index in [1.807, 2.05) is 6.07 Å². The summed E-state index contributed by atoms with van der Waals surface area (Å²) in [6, 6.07) is 6.53. The first kappa shape index (κ1) is 16.4. The molecule has 1 amide bonds. The Morgan fingerprint density at radius 3 is 2.78 bits per heavy atom. The van der Waals surface area contributed by atoms with Crippen LogP contribution in [0.25, 0.3) is 0 Å². The minimum atomic E-state index is -0.545. The first-order chi connectivity index (χ1) is 11.2. The Balaban J connectivity index is 1.52. The number of hydrogen-bond acceptors (Lipinski definition) is 2. The molecular formula is C19H26FNO2. The molecule has 3 rings (SSSR count). The summed E-state index contributed by atoms with van der Waals surface area (Å²) in [6.07, 6.45) is 7.08. The van der Waals surface area contributed by atoms with Gasteiger partial charge in [-0.1, -0.05) is 25.0 Å². The van der Waals surface area contributed by atoms with Crippen LogP contribution < -0.4 is 5.32 Å². The zero-order chi connectivity index (χ0) is 16.1. The van der Waals surface area contributed by atoms with Gasteiger partial charge in [0, 0.05) is 19.8 Å². The van der Waals surface area contributed by atoms with Gasteiger partial charge in [0.25, 0.3) is 0 Å². The summed E-state index contributed by atoms with van der Waals surface area (Å²) >= 11 is 0. The lowest BCUT2D eigenvalue weighted by Gasteiger charge is -2.28. The molecule has 0 atom stereocenters. The van der Waals surface area contributed by atoms with Crippen LogP contribution in [0.15, 0.2) is 24.3 Å². The molecule has 23 heavy (non-hydrogen) atoms. The number of hydrogen-bond donors (Lipinski definition) is 1. The van der Waals surface area contributed by atoms with Gasteiger partial charge in [0.15, 0.2) is 0 Å². The number of carbonyl (C=O) groups is 1. The lowest BCUT2D eigenvalue weighted by molar-refractivity contribution is -0.126. The van der Waals surface area contributed by atoms with Crippen LogP contribution in [-0.4, -0.2) is 25.7 Å². The molecule has 0 bridgehead atoms. The summed E-state index contributed by atoms with van der Waals surface area (Å²) in [7, 11) is 0. The average molecular weight is 319 g/mol. The van der Waals surface area contributed by atoms with E-state index in [2.05, 4.69) is 5.32 Å². The van der Waals surface area contributed by atoms with Crippen molar-refractivity contribution in [2.24, 2.45) is 5.92 Å². The number of amides is 1. The highest BCUT2D eigenvalue weighted by molar-refractivity contribution is 5.88. The number of rotatable bonds is 8. The van der Waals surface area contributed by atoms with E-state index in [0.717, 1.165) is 50.2 Å². The highest BCUT2D eigenvalue weighted by Gasteiger charge is 2.42. The molecule has 0 spiro atoms. The van der Waals surface area contributed by atoms with Gasteiger partial charge in [-0.3, -0.25) is 4.79 Å². The van der Waals surface area contributed by atoms with Crippen LogP contribution in [0.3, 0.4) is 0 Å². The summed E-state index contributed by atoms with van der Waals surface area (Å²) < 4.78 is 19.2. The third-order valence-electron chi connectivity index (χ3n) is 5.07. The zero-order valence-electron chi connectivity index (χ0n) is 13.7. The van der Waals surface area contributed by atoms with Gasteiger partial charge in [0.05, 0.1) is 5.41 Å². The number of benzene rings is 1. The number of carbonyl (C=O) groups excluding carboxylic acids is 1. The van der Waals surface area contributed by atoms with E-state index in [4.69, 9.17) is 4.74 Å². The molecule has 4 heteroatoms. The van der Waals surface area contributed by atoms with Crippen molar-refractivity contribution in [2.45, 2.75) is 50.4 Å². The van der Waals surface area contributed by atoms with E-state index in [9.17, 15) is 9.18 Å². The SMILES string of the molecule is O=C(NCCCOCC1CC1)C1(c2cccc(F)c2)CCCC1. The van der Waals surface area contributed by atoms with E-state index in [0.29, 0.717) is 13.2 Å². The van der Waals surface area contributed by atoms with E-state index >= 15 is 0 Å². The van der Waals surface area contributed by atoms with Crippen LogP contribution in [-0.2, 0) is 14.9 Å². The van der Waals surface area contributed by atoms with Crippen molar-refractivity contribution in [3.05, 3.63) is 35.6 Å². The van der Waals surface area contributed by atoms with Gasteiger partial charge in [0.1, 0.15) is 5.82 Å². The highest BCUT2D eigenvalue weighted by atomic mass is 19.1. The first-order valence-electron chi connectivity index (χ1n) is 8.83. The standard InChI is InChI=1S/C19H26FNO2/c20-17-6-3-5-16(13-17)19(9-1-2-10-19)18(22)21-11-4-12-23-14-15-7-8-15/h3,5-6,13,15H,1-2,4,7-12,14H2,(H,21,22). The lowest BCUT2D eigenvalue weighted by atomic mass is 9.78. The van der Waals surface area contributed by atoms with Crippen molar-refractivity contribution in [3.8, 4) is 0 Å². The summed E-state index contributed by atoms with van der Waals surface area (Å²) in [5.41, 5.74) is 0.272. The highest BCUT2D eigenvalue weighted by Crippen LogP contribution is 2.41. The molecule has 2 aliphatic carbocycles. The molecule has 0 radical (unpaired) electrons. The predicted molar refractivity (Wildman–Crippen MR) is 87.7 cm³/mol. The summed E-state index contributed by atoms with van der Waals surface area (Å²) in [5, 5.41) is 3.05. The van der Waals surface area contributed by atoms with Crippen LogP contribution >= 0.6 is 0 Å². The second-order valence-electron chi connectivity index (χ2n) is 6.93. The van der Waals surface area contributed by atoms with Gasteiger partial charge >= 0.3 is 0 Å². The van der Waals surface area contributed by atoms with Crippen LogP contribution in [0.2, 0.25) is 0 Å². The third-order valence-corrected chi connectivity index (χ3v) is 5.07. The molecule has 126 valence electrons. The molecule has 0 aliphatic heterocycles. The zero-order valence-corrected chi connectivity index (χ0v) is 13.7. The predicted octanol–water partition coefficient (Wildman–Crippen LogP) is 3.57. The van der Waals surface area contributed by atoms with Crippen molar-refractivity contribution in [1.82, 2.24) is 5.32 Å². The van der Waals surface area contributed by atoms with Crippen LogP contribution in [0.1, 0.15) is 50.5 Å². The average Bonchev–Trinajstić information content (AvgIpc) is 3.23. The third kappa shape index (κ3) is 4.11. The van der Waals surface area contributed by atoms with Crippen molar-refractivity contribution in [3.63, 3.8) is 0 Å². The monoisotopic (exact) mass is 319 g/mol. The quantitative estimate of drug-likeness (QED) is 0.744. The van der Waals surface area contributed by atoms with Gasteiger partial charge in [0.2, 0.25) is 5.91 Å².